The Morgan fingerprint density at radius 3 is 2.79 bits per heavy atom. The highest BCUT2D eigenvalue weighted by Gasteiger charge is 2.02. The summed E-state index contributed by atoms with van der Waals surface area (Å²) in [5.74, 6) is -0.0353. The van der Waals surface area contributed by atoms with Gasteiger partial charge in [-0.05, 0) is 23.6 Å². The van der Waals surface area contributed by atoms with Crippen molar-refractivity contribution in [1.29, 1.82) is 0 Å². The number of nitrogens with zero attached hydrogens (tertiary/aromatic N) is 1. The quantitative estimate of drug-likeness (QED) is 0.670. The molecule has 0 aliphatic rings. The van der Waals surface area contributed by atoms with Crippen LogP contribution in [0.1, 0.15) is 17.4 Å². The van der Waals surface area contributed by atoms with E-state index in [9.17, 15) is 4.79 Å². The van der Waals surface area contributed by atoms with Gasteiger partial charge in [0.15, 0.2) is 5.78 Å². The van der Waals surface area contributed by atoms with E-state index in [4.69, 9.17) is 11.6 Å². The van der Waals surface area contributed by atoms with Gasteiger partial charge in [-0.1, -0.05) is 17.7 Å². The second-order valence-corrected chi connectivity index (χ2v) is 3.55. The third kappa shape index (κ3) is 1.61. The third-order valence-electron chi connectivity index (χ3n) is 2.04. The van der Waals surface area contributed by atoms with E-state index in [1.54, 1.807) is 18.3 Å². The van der Waals surface area contributed by atoms with Crippen LogP contribution in [-0.2, 0) is 0 Å². The molecule has 3 heteroatoms. The van der Waals surface area contributed by atoms with Gasteiger partial charge in [0.25, 0.3) is 0 Å². The molecule has 2 aromatic rings. The molecule has 0 aliphatic carbocycles. The van der Waals surface area contributed by atoms with E-state index in [1.807, 2.05) is 12.1 Å². The number of rotatable bonds is 1. The number of hydrogen-bond donors (Lipinski definition) is 0. The van der Waals surface area contributed by atoms with Crippen molar-refractivity contribution in [2.24, 2.45) is 0 Å². The molecule has 0 atom stereocenters. The Kier molecular flexibility index (Phi) is 2.22. The maximum atomic E-state index is 11.1. The zero-order chi connectivity index (χ0) is 10.1. The van der Waals surface area contributed by atoms with Gasteiger partial charge in [0.1, 0.15) is 5.69 Å². The summed E-state index contributed by atoms with van der Waals surface area (Å²) in [6, 6.07) is 7.27. The minimum atomic E-state index is -0.0353. The fourth-order valence-corrected chi connectivity index (χ4v) is 1.48. The van der Waals surface area contributed by atoms with Crippen LogP contribution in [0.4, 0.5) is 0 Å². The molecule has 0 saturated carbocycles. The summed E-state index contributed by atoms with van der Waals surface area (Å²) >= 11 is 5.85. The zero-order valence-corrected chi connectivity index (χ0v) is 8.38. The molecule has 0 saturated heterocycles. The molecule has 0 amide bonds. The average molecular weight is 206 g/mol. The largest absolute Gasteiger partial charge is 0.293 e. The number of carbonyl (C=O) groups is 1. The van der Waals surface area contributed by atoms with Crippen molar-refractivity contribution in [2.45, 2.75) is 6.92 Å². The van der Waals surface area contributed by atoms with Gasteiger partial charge in [-0.25, -0.2) is 0 Å². The number of ketones is 1. The Morgan fingerprint density at radius 2 is 2.07 bits per heavy atom. The van der Waals surface area contributed by atoms with Gasteiger partial charge in [-0.15, -0.1) is 0 Å². The summed E-state index contributed by atoms with van der Waals surface area (Å²) in [5, 5.41) is 2.59. The molecule has 70 valence electrons. The highest BCUT2D eigenvalue weighted by Crippen LogP contribution is 2.19. The summed E-state index contributed by atoms with van der Waals surface area (Å²) in [7, 11) is 0. The SMILES string of the molecule is CC(=O)c1cc2cc(Cl)ccc2cn1. The lowest BCUT2D eigenvalue weighted by atomic mass is 10.1. The van der Waals surface area contributed by atoms with Crippen molar-refractivity contribution in [3.05, 3.63) is 41.2 Å². The van der Waals surface area contributed by atoms with E-state index in [-0.39, 0.29) is 5.78 Å². The molecule has 14 heavy (non-hydrogen) atoms. The molecule has 2 rings (SSSR count). The van der Waals surface area contributed by atoms with E-state index in [2.05, 4.69) is 4.98 Å². The molecule has 2 nitrogen and oxygen atoms in total. The van der Waals surface area contributed by atoms with Gasteiger partial charge < -0.3 is 0 Å². The van der Waals surface area contributed by atoms with E-state index in [0.29, 0.717) is 10.7 Å². The predicted molar refractivity (Wildman–Crippen MR) is 56.8 cm³/mol. The number of benzene rings is 1. The van der Waals surface area contributed by atoms with Crippen LogP contribution in [-0.4, -0.2) is 10.8 Å². The monoisotopic (exact) mass is 205 g/mol. The number of hydrogen-bond acceptors (Lipinski definition) is 2. The fraction of sp³-hybridized carbons (Fsp3) is 0.0909. The van der Waals surface area contributed by atoms with E-state index >= 15 is 0 Å². The van der Waals surface area contributed by atoms with Gasteiger partial charge in [0, 0.05) is 23.5 Å². The van der Waals surface area contributed by atoms with Crippen molar-refractivity contribution in [2.75, 3.05) is 0 Å². The standard InChI is InChI=1S/C11H8ClNO/c1-7(14)11-5-9-4-10(12)3-2-8(9)6-13-11/h2-6H,1H3. The summed E-state index contributed by atoms with van der Waals surface area (Å²) in [5.41, 5.74) is 0.472. The molecule has 1 aromatic carbocycles. The Bertz CT molecular complexity index is 508. The third-order valence-corrected chi connectivity index (χ3v) is 2.28. The van der Waals surface area contributed by atoms with Crippen molar-refractivity contribution in [3.63, 3.8) is 0 Å². The number of Topliss-reactive ketones (excluding diaryl/α,β-unsaturated/α-hetero) is 1. The zero-order valence-electron chi connectivity index (χ0n) is 7.62. The molecular weight excluding hydrogens is 198 g/mol. The van der Waals surface area contributed by atoms with Gasteiger partial charge in [-0.3, -0.25) is 9.78 Å². The molecular formula is C11H8ClNO. The maximum Gasteiger partial charge on any atom is 0.178 e. The van der Waals surface area contributed by atoms with Crippen LogP contribution in [0.5, 0.6) is 0 Å². The summed E-state index contributed by atoms with van der Waals surface area (Å²) < 4.78 is 0. The van der Waals surface area contributed by atoms with Crippen LogP contribution in [0.2, 0.25) is 5.02 Å². The highest BCUT2D eigenvalue weighted by molar-refractivity contribution is 6.31. The second kappa shape index (κ2) is 3.39. The Labute approximate surface area is 86.5 Å². The minimum Gasteiger partial charge on any atom is -0.293 e. The molecule has 0 radical (unpaired) electrons. The number of pyridine rings is 1. The lowest BCUT2D eigenvalue weighted by molar-refractivity contribution is 0.101. The Balaban J connectivity index is 2.69. The summed E-state index contributed by atoms with van der Waals surface area (Å²) in [6.07, 6.45) is 1.68. The first kappa shape index (κ1) is 9.16. The average Bonchev–Trinajstić information content (AvgIpc) is 2.16. The van der Waals surface area contributed by atoms with Crippen molar-refractivity contribution in [1.82, 2.24) is 4.98 Å². The molecule has 0 spiro atoms. The van der Waals surface area contributed by atoms with Gasteiger partial charge in [-0.2, -0.15) is 0 Å². The van der Waals surface area contributed by atoms with Gasteiger partial charge in [0.2, 0.25) is 0 Å². The van der Waals surface area contributed by atoms with Gasteiger partial charge >= 0.3 is 0 Å². The normalized spacial score (nSPS) is 10.4. The molecule has 1 heterocycles. The van der Waals surface area contributed by atoms with Crippen LogP contribution < -0.4 is 0 Å². The number of carbonyl (C=O) groups excluding carboxylic acids is 1. The van der Waals surface area contributed by atoms with Crippen molar-refractivity contribution < 1.29 is 4.79 Å². The predicted octanol–water partition coefficient (Wildman–Crippen LogP) is 3.09. The van der Waals surface area contributed by atoms with Crippen LogP contribution in [0.3, 0.4) is 0 Å². The number of fused-ring (bicyclic) bond motifs is 1. The van der Waals surface area contributed by atoms with E-state index in [0.717, 1.165) is 10.8 Å². The van der Waals surface area contributed by atoms with Gasteiger partial charge in [0.05, 0.1) is 0 Å². The van der Waals surface area contributed by atoms with Crippen LogP contribution in [0, 0.1) is 0 Å². The van der Waals surface area contributed by atoms with Crippen molar-refractivity contribution in [3.8, 4) is 0 Å². The Morgan fingerprint density at radius 1 is 1.29 bits per heavy atom. The Hall–Kier alpha value is -1.41. The molecule has 0 unspecified atom stereocenters. The molecule has 0 fully saturated rings. The number of halogens is 1. The highest BCUT2D eigenvalue weighted by atomic mass is 35.5. The number of aromatic nitrogens is 1. The van der Waals surface area contributed by atoms with Crippen LogP contribution in [0.25, 0.3) is 10.8 Å². The second-order valence-electron chi connectivity index (χ2n) is 3.12. The lowest BCUT2D eigenvalue weighted by Gasteiger charge is -1.99. The molecule has 0 bridgehead atoms. The minimum absolute atomic E-state index is 0.0353. The molecule has 1 aromatic heterocycles. The first-order valence-electron chi connectivity index (χ1n) is 4.23. The summed E-state index contributed by atoms with van der Waals surface area (Å²) in [4.78, 5) is 15.1. The van der Waals surface area contributed by atoms with Crippen LogP contribution >= 0.6 is 11.6 Å². The molecule has 0 aliphatic heterocycles. The lowest BCUT2D eigenvalue weighted by Crippen LogP contribution is -1.95. The molecule has 0 N–H and O–H groups in total. The first-order valence-corrected chi connectivity index (χ1v) is 4.61. The van der Waals surface area contributed by atoms with Crippen molar-refractivity contribution >= 4 is 28.2 Å². The first-order chi connectivity index (χ1) is 6.66. The smallest absolute Gasteiger partial charge is 0.178 e. The fourth-order valence-electron chi connectivity index (χ4n) is 1.30. The van der Waals surface area contributed by atoms with E-state index < -0.39 is 0 Å². The van der Waals surface area contributed by atoms with E-state index in [1.165, 1.54) is 6.92 Å². The summed E-state index contributed by atoms with van der Waals surface area (Å²) in [6.45, 7) is 1.50. The van der Waals surface area contributed by atoms with Crippen LogP contribution in [0.15, 0.2) is 30.5 Å². The topological polar surface area (TPSA) is 30.0 Å². The maximum absolute atomic E-state index is 11.1.